The van der Waals surface area contributed by atoms with Gasteiger partial charge in [0.05, 0.1) is 5.60 Å². The van der Waals surface area contributed by atoms with Crippen LogP contribution >= 0.6 is 11.8 Å². The van der Waals surface area contributed by atoms with E-state index in [1.807, 2.05) is 11.8 Å². The number of thioether (sulfide) groups is 1. The lowest BCUT2D eigenvalue weighted by Gasteiger charge is -2.51. The second kappa shape index (κ2) is 4.73. The highest BCUT2D eigenvalue weighted by Gasteiger charge is 2.50. The van der Waals surface area contributed by atoms with Crippen LogP contribution < -0.4 is 0 Å². The normalized spacial score (nSPS) is 44.2. The van der Waals surface area contributed by atoms with Gasteiger partial charge in [-0.3, -0.25) is 0 Å². The van der Waals surface area contributed by atoms with E-state index in [-0.39, 0.29) is 0 Å². The van der Waals surface area contributed by atoms with Crippen LogP contribution in [0, 0.1) is 11.8 Å². The van der Waals surface area contributed by atoms with Crippen molar-refractivity contribution in [1.29, 1.82) is 0 Å². The van der Waals surface area contributed by atoms with Gasteiger partial charge in [0.1, 0.15) is 0 Å². The zero-order valence-electron chi connectivity index (χ0n) is 10.5. The topological polar surface area (TPSA) is 20.2 Å². The van der Waals surface area contributed by atoms with Gasteiger partial charge in [0.25, 0.3) is 0 Å². The number of aliphatic hydroxyl groups is 1. The van der Waals surface area contributed by atoms with Gasteiger partial charge in [-0.1, -0.05) is 38.8 Å². The minimum Gasteiger partial charge on any atom is -0.388 e. The molecular formula is C14H24OS. The minimum absolute atomic E-state index is 0.369. The lowest BCUT2D eigenvalue weighted by Crippen LogP contribution is -2.54. The fourth-order valence-corrected chi connectivity index (χ4v) is 4.90. The molecule has 2 saturated carbocycles. The molecule has 0 saturated heterocycles. The van der Waals surface area contributed by atoms with Crippen molar-refractivity contribution < 1.29 is 5.11 Å². The zero-order chi connectivity index (χ0) is 11.8. The van der Waals surface area contributed by atoms with Crippen LogP contribution in [0.15, 0.2) is 12.2 Å². The molecule has 0 unspecified atom stereocenters. The third-order valence-corrected chi connectivity index (χ3v) is 5.83. The summed E-state index contributed by atoms with van der Waals surface area (Å²) in [6.07, 6.45) is 5.71. The first kappa shape index (κ1) is 12.5. The second-order valence-corrected chi connectivity index (χ2v) is 6.92. The molecule has 0 aromatic heterocycles. The van der Waals surface area contributed by atoms with Crippen LogP contribution in [-0.2, 0) is 0 Å². The molecule has 0 heterocycles. The summed E-state index contributed by atoms with van der Waals surface area (Å²) in [7, 11) is 0. The molecule has 0 bridgehead atoms. The van der Waals surface area contributed by atoms with Crippen LogP contribution in [0.3, 0.4) is 0 Å². The molecule has 0 aromatic rings. The molecule has 2 fully saturated rings. The second-order valence-electron chi connectivity index (χ2n) is 5.45. The zero-order valence-corrected chi connectivity index (χ0v) is 11.4. The summed E-state index contributed by atoms with van der Waals surface area (Å²) in [6, 6.07) is 0. The quantitative estimate of drug-likeness (QED) is 0.744. The molecule has 1 nitrogen and oxygen atoms in total. The molecule has 0 aliphatic heterocycles. The Kier molecular flexibility index (Phi) is 3.70. The monoisotopic (exact) mass is 240 g/mol. The Morgan fingerprint density at radius 1 is 1.50 bits per heavy atom. The van der Waals surface area contributed by atoms with E-state index in [0.29, 0.717) is 17.1 Å². The predicted octanol–water partition coefficient (Wildman–Crippen LogP) is 3.63. The molecule has 2 rings (SSSR count). The third kappa shape index (κ3) is 1.95. The molecule has 1 N–H and O–H groups in total. The van der Waals surface area contributed by atoms with Crippen molar-refractivity contribution in [1.82, 2.24) is 0 Å². The molecular weight excluding hydrogens is 216 g/mol. The fraction of sp³-hybridized carbons (Fsp3) is 0.857. The average Bonchev–Trinajstić information content (AvgIpc) is 2.26. The highest BCUT2D eigenvalue weighted by atomic mass is 32.2. The van der Waals surface area contributed by atoms with Crippen LogP contribution in [0.1, 0.15) is 46.0 Å². The van der Waals surface area contributed by atoms with Gasteiger partial charge in [-0.2, -0.15) is 11.8 Å². The standard InChI is InChI=1S/C14H24OS/c1-4-16-13-9-10(2)11(3)12-7-5-6-8-14(12,13)15/h10,12-13,15H,3-9H2,1-2H3/t10-,12-,13+,14-/m1/s1. The highest BCUT2D eigenvalue weighted by Crippen LogP contribution is 2.51. The molecule has 16 heavy (non-hydrogen) atoms. The summed E-state index contributed by atoms with van der Waals surface area (Å²) in [5.41, 5.74) is 0.873. The molecule has 0 radical (unpaired) electrons. The maximum absolute atomic E-state index is 11.0. The van der Waals surface area contributed by atoms with E-state index in [1.165, 1.54) is 18.4 Å². The number of hydrogen-bond donors (Lipinski definition) is 1. The highest BCUT2D eigenvalue weighted by molar-refractivity contribution is 7.99. The van der Waals surface area contributed by atoms with E-state index in [4.69, 9.17) is 0 Å². The van der Waals surface area contributed by atoms with Crippen molar-refractivity contribution in [2.75, 3.05) is 5.75 Å². The molecule has 2 heteroatoms. The van der Waals surface area contributed by atoms with Gasteiger partial charge in [-0.25, -0.2) is 0 Å². The van der Waals surface area contributed by atoms with Gasteiger partial charge in [-0.05, 0) is 30.9 Å². The van der Waals surface area contributed by atoms with Crippen LogP contribution in [0.25, 0.3) is 0 Å². The largest absolute Gasteiger partial charge is 0.388 e. The van der Waals surface area contributed by atoms with Crippen molar-refractivity contribution in [3.8, 4) is 0 Å². The Morgan fingerprint density at radius 2 is 2.25 bits per heavy atom. The maximum atomic E-state index is 11.0. The van der Waals surface area contributed by atoms with Crippen molar-refractivity contribution in [3.05, 3.63) is 12.2 Å². The summed E-state index contributed by atoms with van der Waals surface area (Å²) < 4.78 is 0. The van der Waals surface area contributed by atoms with Gasteiger partial charge in [0.15, 0.2) is 0 Å². The van der Waals surface area contributed by atoms with Crippen molar-refractivity contribution in [3.63, 3.8) is 0 Å². The molecule has 2 aliphatic carbocycles. The van der Waals surface area contributed by atoms with Gasteiger partial charge in [0, 0.05) is 11.2 Å². The van der Waals surface area contributed by atoms with E-state index in [9.17, 15) is 5.11 Å². The van der Waals surface area contributed by atoms with Crippen molar-refractivity contribution in [2.45, 2.75) is 56.8 Å². The Bertz CT molecular complexity index is 276. The maximum Gasteiger partial charge on any atom is 0.0830 e. The van der Waals surface area contributed by atoms with Gasteiger partial charge in [0.2, 0.25) is 0 Å². The summed E-state index contributed by atoms with van der Waals surface area (Å²) in [5.74, 6) is 2.07. The smallest absolute Gasteiger partial charge is 0.0830 e. The van der Waals surface area contributed by atoms with Crippen LogP contribution in [0.5, 0.6) is 0 Å². The minimum atomic E-state index is -0.442. The van der Waals surface area contributed by atoms with Gasteiger partial charge >= 0.3 is 0 Å². The number of rotatable bonds is 2. The Hall–Kier alpha value is 0.0500. The SMILES string of the molecule is C=C1[C@H](C)C[C@H](SCC)[C@@]2(O)CCCC[C@H]12. The fourth-order valence-electron chi connectivity index (χ4n) is 3.51. The van der Waals surface area contributed by atoms with Crippen molar-refractivity contribution in [2.24, 2.45) is 11.8 Å². The summed E-state index contributed by atoms with van der Waals surface area (Å²) >= 11 is 1.95. The van der Waals surface area contributed by atoms with E-state index >= 15 is 0 Å². The Morgan fingerprint density at radius 3 is 2.94 bits per heavy atom. The van der Waals surface area contributed by atoms with E-state index in [1.54, 1.807) is 0 Å². The van der Waals surface area contributed by atoms with Crippen molar-refractivity contribution >= 4 is 11.8 Å². The third-order valence-electron chi connectivity index (χ3n) is 4.50. The first-order valence-electron chi connectivity index (χ1n) is 6.62. The van der Waals surface area contributed by atoms with Crippen LogP contribution in [0.2, 0.25) is 0 Å². The molecule has 0 spiro atoms. The van der Waals surface area contributed by atoms with Crippen LogP contribution in [-0.4, -0.2) is 21.7 Å². The molecule has 4 atom stereocenters. The lowest BCUT2D eigenvalue weighted by atomic mass is 9.62. The summed E-state index contributed by atoms with van der Waals surface area (Å²) in [4.78, 5) is 0. The van der Waals surface area contributed by atoms with Gasteiger partial charge < -0.3 is 5.11 Å². The summed E-state index contributed by atoms with van der Waals surface area (Å²) in [5, 5.41) is 11.4. The Labute approximate surface area is 104 Å². The summed E-state index contributed by atoms with van der Waals surface area (Å²) in [6.45, 7) is 8.72. The van der Waals surface area contributed by atoms with E-state index in [2.05, 4.69) is 20.4 Å². The van der Waals surface area contributed by atoms with Gasteiger partial charge in [-0.15, -0.1) is 0 Å². The average molecular weight is 240 g/mol. The first-order chi connectivity index (χ1) is 7.59. The van der Waals surface area contributed by atoms with E-state index < -0.39 is 5.60 Å². The predicted molar refractivity (Wildman–Crippen MR) is 71.7 cm³/mol. The van der Waals surface area contributed by atoms with Crippen LogP contribution in [0.4, 0.5) is 0 Å². The van der Waals surface area contributed by atoms with E-state index in [0.717, 1.165) is 25.0 Å². The molecule has 0 aromatic carbocycles. The first-order valence-corrected chi connectivity index (χ1v) is 7.67. The molecule has 0 amide bonds. The Balaban J connectivity index is 2.24. The molecule has 2 aliphatic rings. The number of hydrogen-bond acceptors (Lipinski definition) is 2. The lowest BCUT2D eigenvalue weighted by molar-refractivity contribution is -0.0542. The molecule has 92 valence electrons. The number of fused-ring (bicyclic) bond motifs is 1.